The minimum atomic E-state index is 0.0301. The van der Waals surface area contributed by atoms with Gasteiger partial charge in [0.25, 0.3) is 0 Å². The number of nitrogens with zero attached hydrogens (tertiary/aromatic N) is 1. The normalized spacial score (nSPS) is 27.8. The summed E-state index contributed by atoms with van der Waals surface area (Å²) in [7, 11) is 1.65. The maximum absolute atomic E-state index is 10.9. The molecule has 1 unspecified atom stereocenters. The molecule has 0 bridgehead atoms. The second-order valence-corrected chi connectivity index (χ2v) is 2.45. The molecule has 1 amide bonds. The summed E-state index contributed by atoms with van der Waals surface area (Å²) in [5.74, 6) is 0.537. The van der Waals surface area contributed by atoms with Crippen LogP contribution in [0.1, 0.15) is 13.3 Å². The van der Waals surface area contributed by atoms with Gasteiger partial charge in [0.05, 0.1) is 0 Å². The molecule has 1 saturated heterocycles. The van der Waals surface area contributed by atoms with Crippen LogP contribution in [0.15, 0.2) is 0 Å². The Labute approximate surface area is 54.2 Å². The Morgan fingerprint density at radius 3 is 2.44 bits per heavy atom. The fraction of sp³-hybridized carbons (Fsp3) is 0.667. The van der Waals surface area contributed by atoms with Gasteiger partial charge >= 0.3 is 0 Å². The van der Waals surface area contributed by atoms with Crippen molar-refractivity contribution in [2.75, 3.05) is 7.05 Å². The van der Waals surface area contributed by atoms with Crippen molar-refractivity contribution in [1.29, 1.82) is 5.41 Å². The third-order valence-corrected chi connectivity index (χ3v) is 1.66. The Kier molecular flexibility index (Phi) is 1.27. The van der Waals surface area contributed by atoms with Crippen molar-refractivity contribution in [3.05, 3.63) is 0 Å². The average Bonchev–Trinajstić information content (AvgIpc) is 1.98. The van der Waals surface area contributed by atoms with Crippen LogP contribution in [0, 0.1) is 11.3 Å². The van der Waals surface area contributed by atoms with Gasteiger partial charge in [0.1, 0.15) is 5.84 Å². The molecular formula is C6H10N2O. The summed E-state index contributed by atoms with van der Waals surface area (Å²) in [5.41, 5.74) is 0. The van der Waals surface area contributed by atoms with Gasteiger partial charge in [-0.2, -0.15) is 0 Å². The number of rotatable bonds is 0. The van der Waals surface area contributed by atoms with Gasteiger partial charge in [0.15, 0.2) is 0 Å². The highest BCUT2D eigenvalue weighted by Crippen LogP contribution is 2.16. The van der Waals surface area contributed by atoms with Gasteiger partial charge in [-0.05, 0) is 0 Å². The summed E-state index contributed by atoms with van der Waals surface area (Å²) in [4.78, 5) is 12.3. The molecule has 1 N–H and O–H groups in total. The monoisotopic (exact) mass is 126 g/mol. The van der Waals surface area contributed by atoms with E-state index in [1.807, 2.05) is 6.92 Å². The molecule has 1 aliphatic heterocycles. The number of amides is 1. The average molecular weight is 126 g/mol. The minimum absolute atomic E-state index is 0.0301. The summed E-state index contributed by atoms with van der Waals surface area (Å²) < 4.78 is 0. The van der Waals surface area contributed by atoms with Gasteiger partial charge in [-0.15, -0.1) is 0 Å². The Balaban J connectivity index is 2.77. The second kappa shape index (κ2) is 1.83. The van der Waals surface area contributed by atoms with Gasteiger partial charge in [0.2, 0.25) is 5.91 Å². The fourth-order valence-corrected chi connectivity index (χ4v) is 0.978. The maximum Gasteiger partial charge on any atom is 0.230 e. The van der Waals surface area contributed by atoms with E-state index in [9.17, 15) is 4.79 Å². The lowest BCUT2D eigenvalue weighted by molar-refractivity contribution is -0.127. The van der Waals surface area contributed by atoms with Crippen LogP contribution < -0.4 is 0 Å². The first-order valence-corrected chi connectivity index (χ1v) is 2.98. The lowest BCUT2D eigenvalue weighted by atomic mass is 10.1. The number of nitrogens with one attached hydrogen (secondary N) is 1. The topological polar surface area (TPSA) is 44.2 Å². The van der Waals surface area contributed by atoms with Gasteiger partial charge < -0.3 is 4.90 Å². The summed E-state index contributed by atoms with van der Waals surface area (Å²) in [6.07, 6.45) is 0.606. The molecule has 0 spiro atoms. The molecule has 1 fully saturated rings. The number of hydrogen-bond acceptors (Lipinski definition) is 2. The second-order valence-electron chi connectivity index (χ2n) is 2.45. The van der Waals surface area contributed by atoms with E-state index < -0.39 is 0 Å². The van der Waals surface area contributed by atoms with Crippen LogP contribution in [0.5, 0.6) is 0 Å². The van der Waals surface area contributed by atoms with E-state index in [0.29, 0.717) is 12.3 Å². The zero-order valence-corrected chi connectivity index (χ0v) is 5.64. The lowest BCUT2D eigenvalue weighted by Crippen LogP contribution is -2.24. The largest absolute Gasteiger partial charge is 0.304 e. The molecule has 0 aromatic carbocycles. The van der Waals surface area contributed by atoms with Gasteiger partial charge in [0, 0.05) is 19.4 Å². The molecule has 50 valence electrons. The van der Waals surface area contributed by atoms with Crippen molar-refractivity contribution in [2.45, 2.75) is 13.3 Å². The summed E-state index contributed by atoms with van der Waals surface area (Å²) in [6, 6.07) is 0. The van der Waals surface area contributed by atoms with E-state index in [4.69, 9.17) is 5.41 Å². The third kappa shape index (κ3) is 0.823. The molecule has 3 heteroatoms. The van der Waals surface area contributed by atoms with Crippen LogP contribution in [0.25, 0.3) is 0 Å². The highest BCUT2D eigenvalue weighted by molar-refractivity contribution is 6.04. The van der Waals surface area contributed by atoms with Crippen LogP contribution >= 0.6 is 0 Å². The maximum atomic E-state index is 10.9. The molecule has 0 aliphatic carbocycles. The van der Waals surface area contributed by atoms with Crippen molar-refractivity contribution in [2.24, 2.45) is 5.92 Å². The van der Waals surface area contributed by atoms with Crippen LogP contribution in [-0.2, 0) is 4.79 Å². The summed E-state index contributed by atoms with van der Waals surface area (Å²) in [6.45, 7) is 1.85. The molecule has 9 heavy (non-hydrogen) atoms. The van der Waals surface area contributed by atoms with Gasteiger partial charge in [-0.1, -0.05) is 6.92 Å². The van der Waals surface area contributed by atoms with Crippen molar-refractivity contribution < 1.29 is 4.79 Å². The smallest absolute Gasteiger partial charge is 0.230 e. The first-order valence-electron chi connectivity index (χ1n) is 2.98. The van der Waals surface area contributed by atoms with Crippen LogP contribution in [0.2, 0.25) is 0 Å². The van der Waals surface area contributed by atoms with Crippen molar-refractivity contribution in [3.8, 4) is 0 Å². The number of carbonyl (C=O) groups excluding carboxylic acids is 1. The van der Waals surface area contributed by atoms with E-state index in [1.54, 1.807) is 7.05 Å². The molecule has 1 rings (SSSR count). The van der Waals surface area contributed by atoms with Gasteiger partial charge in [-0.25, -0.2) is 0 Å². The van der Waals surface area contributed by atoms with E-state index in [-0.39, 0.29) is 11.8 Å². The van der Waals surface area contributed by atoms with Crippen LogP contribution in [-0.4, -0.2) is 23.7 Å². The highest BCUT2D eigenvalue weighted by atomic mass is 16.2. The number of amidine groups is 1. The molecule has 0 aromatic heterocycles. The first kappa shape index (κ1) is 6.26. The lowest BCUT2D eigenvalue weighted by Gasteiger charge is -2.05. The molecule has 3 nitrogen and oxygen atoms in total. The zero-order valence-electron chi connectivity index (χ0n) is 5.64. The Morgan fingerprint density at radius 1 is 1.78 bits per heavy atom. The zero-order chi connectivity index (χ0) is 7.02. The molecular weight excluding hydrogens is 116 g/mol. The first-order chi connectivity index (χ1) is 4.13. The summed E-state index contributed by atoms with van der Waals surface area (Å²) >= 11 is 0. The Hall–Kier alpha value is -0.860. The van der Waals surface area contributed by atoms with E-state index >= 15 is 0 Å². The van der Waals surface area contributed by atoms with Crippen molar-refractivity contribution >= 4 is 11.7 Å². The Bertz CT molecular complexity index is 164. The molecule has 0 radical (unpaired) electrons. The van der Waals surface area contributed by atoms with Gasteiger partial charge in [-0.3, -0.25) is 10.2 Å². The molecule has 0 aromatic rings. The quantitative estimate of drug-likeness (QED) is 0.503. The van der Waals surface area contributed by atoms with E-state index in [2.05, 4.69) is 0 Å². The predicted octanol–water partition coefficient (Wildman–Crippen LogP) is 0.462. The van der Waals surface area contributed by atoms with Crippen molar-refractivity contribution in [3.63, 3.8) is 0 Å². The predicted molar refractivity (Wildman–Crippen MR) is 34.3 cm³/mol. The van der Waals surface area contributed by atoms with E-state index in [0.717, 1.165) is 0 Å². The van der Waals surface area contributed by atoms with Crippen LogP contribution in [0.4, 0.5) is 0 Å². The number of carbonyl (C=O) groups is 1. The molecule has 1 atom stereocenters. The fourth-order valence-electron chi connectivity index (χ4n) is 0.978. The van der Waals surface area contributed by atoms with E-state index in [1.165, 1.54) is 4.90 Å². The van der Waals surface area contributed by atoms with Crippen molar-refractivity contribution in [1.82, 2.24) is 4.90 Å². The molecule has 1 aliphatic rings. The standard InChI is InChI=1S/C6H10N2O/c1-4-3-5(7)8(2)6(4)9/h4,7H,3H2,1-2H3. The SMILES string of the molecule is CC1CC(=N)N(C)C1=O. The third-order valence-electron chi connectivity index (χ3n) is 1.66. The van der Waals surface area contributed by atoms with Crippen LogP contribution in [0.3, 0.4) is 0 Å². The molecule has 1 heterocycles. The minimum Gasteiger partial charge on any atom is -0.304 e. The number of hydrogen-bond donors (Lipinski definition) is 1. The summed E-state index contributed by atoms with van der Waals surface area (Å²) in [5, 5.41) is 7.22. The molecule has 0 saturated carbocycles. The highest BCUT2D eigenvalue weighted by Gasteiger charge is 2.29. The Morgan fingerprint density at radius 2 is 2.33 bits per heavy atom. The number of likely N-dealkylation sites (tertiary alicyclic amines) is 1.